The second-order valence-corrected chi connectivity index (χ2v) is 5.76. The lowest BCUT2D eigenvalue weighted by Crippen LogP contribution is -2.70. The number of carbonyl (C=O) groups excluding carboxylic acids is 2. The average Bonchev–Trinajstić information content (AvgIpc) is 3.25. The highest BCUT2D eigenvalue weighted by molar-refractivity contribution is 7.13. The lowest BCUT2D eigenvalue weighted by Gasteiger charge is -2.43. The number of oxime groups is 1. The molecule has 3 heterocycles. The molecule has 0 aromatic carbocycles. The Hall–Kier alpha value is -3.16. The molecule has 0 radical (unpaired) electrons. The van der Waals surface area contributed by atoms with Gasteiger partial charge in [0, 0.05) is 5.38 Å². The molecule has 2 amide bonds. The molecule has 12 nitrogen and oxygen atoms in total. The summed E-state index contributed by atoms with van der Waals surface area (Å²) in [5.74, 6) is -0.993. The zero-order chi connectivity index (χ0) is 18.0. The van der Waals surface area contributed by atoms with Crippen LogP contribution in [-0.2, 0) is 14.4 Å². The number of H-pyrrole nitrogens is 1. The Bertz CT molecular complexity index is 808. The number of anilines is 2. The van der Waals surface area contributed by atoms with E-state index in [0.29, 0.717) is 0 Å². The third kappa shape index (κ3) is 3.10. The summed E-state index contributed by atoms with van der Waals surface area (Å²) >= 11 is 1.08. The molecule has 4 N–H and O–H groups in total. The molecular weight excluding hydrogens is 357 g/mol. The average molecular weight is 369 g/mol. The fourth-order valence-electron chi connectivity index (χ4n) is 2.26. The minimum atomic E-state index is -1.22. The highest BCUT2D eigenvalue weighted by atomic mass is 32.1. The van der Waals surface area contributed by atoms with Crippen molar-refractivity contribution >= 4 is 39.9 Å². The SMILES string of the molecule is CC1C(NC(=O)/C(=N/OCF)c2csc(N)n2)C(=O)N1c1nnn[nH]1. The van der Waals surface area contributed by atoms with Crippen LogP contribution in [0.2, 0.25) is 0 Å². The molecule has 14 heteroatoms. The Kier molecular flexibility index (Phi) is 4.51. The maximum atomic E-state index is 12.4. The number of nitrogens with zero attached hydrogens (tertiary/aromatic N) is 6. The Morgan fingerprint density at radius 1 is 1.64 bits per heavy atom. The zero-order valence-electron chi connectivity index (χ0n) is 12.7. The van der Waals surface area contributed by atoms with E-state index in [2.05, 4.69) is 40.9 Å². The number of aromatic nitrogens is 5. The highest BCUT2D eigenvalue weighted by Crippen LogP contribution is 2.24. The summed E-state index contributed by atoms with van der Waals surface area (Å²) in [5.41, 5.74) is 5.35. The van der Waals surface area contributed by atoms with E-state index in [1.165, 1.54) is 10.3 Å². The standard InChI is InChI=1S/C11H12FN9O3S/c1-4-6(9(23)21(4)11-16-19-20-17-11)15-8(22)7(18-24-3-12)5-2-25-10(13)14-5/h2,4,6H,3H2,1H3,(H2,13,14)(H,15,22)(H,16,17,19,20)/b18-7+. The van der Waals surface area contributed by atoms with Crippen LogP contribution in [0.15, 0.2) is 10.5 Å². The highest BCUT2D eigenvalue weighted by Gasteiger charge is 2.48. The smallest absolute Gasteiger partial charge is 0.276 e. The molecule has 1 aliphatic rings. The van der Waals surface area contributed by atoms with Crippen LogP contribution < -0.4 is 16.0 Å². The second-order valence-electron chi connectivity index (χ2n) is 4.87. The van der Waals surface area contributed by atoms with Crippen LogP contribution in [0.25, 0.3) is 0 Å². The van der Waals surface area contributed by atoms with Gasteiger partial charge in [-0.25, -0.2) is 14.5 Å². The number of rotatable bonds is 6. The number of amides is 2. The van der Waals surface area contributed by atoms with Crippen molar-refractivity contribution in [3.05, 3.63) is 11.1 Å². The van der Waals surface area contributed by atoms with Gasteiger partial charge in [0.05, 0.1) is 6.04 Å². The number of nitrogens with two attached hydrogens (primary N) is 1. The minimum Gasteiger partial charge on any atom is -0.375 e. The Morgan fingerprint density at radius 2 is 2.44 bits per heavy atom. The van der Waals surface area contributed by atoms with E-state index < -0.39 is 30.8 Å². The molecule has 1 saturated heterocycles. The predicted molar refractivity (Wildman–Crippen MR) is 83.2 cm³/mol. The number of hydrogen-bond acceptors (Lipinski definition) is 10. The molecule has 2 atom stereocenters. The number of tetrazole rings is 1. The van der Waals surface area contributed by atoms with Crippen molar-refractivity contribution in [1.29, 1.82) is 0 Å². The Morgan fingerprint density at radius 3 is 3.00 bits per heavy atom. The number of nitrogens with one attached hydrogen (secondary N) is 2. The molecule has 0 aliphatic carbocycles. The van der Waals surface area contributed by atoms with Gasteiger partial charge in [0.2, 0.25) is 5.95 Å². The summed E-state index contributed by atoms with van der Waals surface area (Å²) in [4.78, 5) is 34.1. The van der Waals surface area contributed by atoms with E-state index in [4.69, 9.17) is 5.73 Å². The van der Waals surface area contributed by atoms with Crippen LogP contribution in [0.3, 0.4) is 0 Å². The van der Waals surface area contributed by atoms with E-state index in [9.17, 15) is 14.0 Å². The van der Waals surface area contributed by atoms with Gasteiger partial charge >= 0.3 is 0 Å². The van der Waals surface area contributed by atoms with E-state index >= 15 is 0 Å². The van der Waals surface area contributed by atoms with Gasteiger partial charge in [0.1, 0.15) is 11.7 Å². The van der Waals surface area contributed by atoms with E-state index in [0.717, 1.165) is 11.3 Å². The maximum absolute atomic E-state index is 12.4. The first-order valence-electron chi connectivity index (χ1n) is 6.88. The number of aromatic amines is 1. The first-order valence-corrected chi connectivity index (χ1v) is 7.76. The number of alkyl halides is 1. The van der Waals surface area contributed by atoms with Crippen LogP contribution in [0.4, 0.5) is 15.5 Å². The molecule has 3 rings (SSSR count). The summed E-state index contributed by atoms with van der Waals surface area (Å²) in [6.07, 6.45) is 0. The second kappa shape index (κ2) is 6.76. The van der Waals surface area contributed by atoms with Gasteiger partial charge in [-0.15, -0.1) is 11.3 Å². The Balaban J connectivity index is 1.73. The van der Waals surface area contributed by atoms with Crippen molar-refractivity contribution in [2.24, 2.45) is 5.16 Å². The third-order valence-corrected chi connectivity index (χ3v) is 4.10. The topological polar surface area (TPSA) is 164 Å². The van der Waals surface area contributed by atoms with Crippen molar-refractivity contribution in [3.8, 4) is 0 Å². The predicted octanol–water partition coefficient (Wildman–Crippen LogP) is -1.19. The van der Waals surface area contributed by atoms with E-state index in [1.54, 1.807) is 6.92 Å². The van der Waals surface area contributed by atoms with Crippen molar-refractivity contribution in [2.75, 3.05) is 17.5 Å². The van der Waals surface area contributed by atoms with Crippen molar-refractivity contribution in [1.82, 2.24) is 30.9 Å². The van der Waals surface area contributed by atoms with Crippen molar-refractivity contribution in [2.45, 2.75) is 19.0 Å². The van der Waals surface area contributed by atoms with Gasteiger partial charge in [-0.2, -0.15) is 0 Å². The monoisotopic (exact) mass is 369 g/mol. The summed E-state index contributed by atoms with van der Waals surface area (Å²) in [6, 6.07) is -1.24. The zero-order valence-corrected chi connectivity index (χ0v) is 13.5. The van der Waals surface area contributed by atoms with Crippen LogP contribution in [-0.4, -0.2) is 62.1 Å². The lowest BCUT2D eigenvalue weighted by atomic mass is 9.97. The molecule has 2 aromatic rings. The number of nitrogen functional groups attached to an aromatic ring is 1. The molecule has 25 heavy (non-hydrogen) atoms. The summed E-state index contributed by atoms with van der Waals surface area (Å²) in [5, 5.41) is 20.5. The van der Waals surface area contributed by atoms with Crippen LogP contribution in [0, 0.1) is 0 Å². The van der Waals surface area contributed by atoms with Gasteiger partial charge in [-0.05, 0) is 17.4 Å². The molecule has 1 fully saturated rings. The van der Waals surface area contributed by atoms with Gasteiger partial charge in [-0.1, -0.05) is 10.3 Å². The molecule has 0 spiro atoms. The largest absolute Gasteiger partial charge is 0.375 e. The van der Waals surface area contributed by atoms with Crippen LogP contribution in [0.5, 0.6) is 0 Å². The van der Waals surface area contributed by atoms with Crippen LogP contribution in [0.1, 0.15) is 12.6 Å². The first-order chi connectivity index (χ1) is 12.0. The quantitative estimate of drug-likeness (QED) is 0.325. The normalized spacial score (nSPS) is 20.3. The number of halogens is 1. The Labute approximate surface area is 143 Å². The van der Waals surface area contributed by atoms with Crippen molar-refractivity contribution in [3.63, 3.8) is 0 Å². The fraction of sp³-hybridized carbons (Fsp3) is 0.364. The molecule has 0 bridgehead atoms. The molecule has 1 aliphatic heterocycles. The molecule has 0 saturated carbocycles. The maximum Gasteiger partial charge on any atom is 0.276 e. The molecule has 132 valence electrons. The van der Waals surface area contributed by atoms with E-state index in [-0.39, 0.29) is 22.5 Å². The minimum absolute atomic E-state index is 0.115. The van der Waals surface area contributed by atoms with E-state index in [1.807, 2.05) is 0 Å². The summed E-state index contributed by atoms with van der Waals surface area (Å²) in [6.45, 7) is 0.478. The molecule has 2 unspecified atom stereocenters. The molecule has 2 aromatic heterocycles. The van der Waals surface area contributed by atoms with Crippen LogP contribution >= 0.6 is 11.3 Å². The number of thiazole rings is 1. The number of carbonyl (C=O) groups is 2. The number of β-lactam (4-membered cyclic amide) rings is 1. The van der Waals surface area contributed by atoms with Gasteiger partial charge in [0.25, 0.3) is 18.7 Å². The lowest BCUT2D eigenvalue weighted by molar-refractivity contribution is -0.130. The first kappa shape index (κ1) is 16.7. The van der Waals surface area contributed by atoms with Gasteiger partial charge < -0.3 is 15.9 Å². The number of hydrogen-bond donors (Lipinski definition) is 3. The molecular formula is C11H12FN9O3S. The fourth-order valence-corrected chi connectivity index (χ4v) is 2.81. The van der Waals surface area contributed by atoms with Gasteiger partial charge in [-0.3, -0.25) is 14.5 Å². The third-order valence-electron chi connectivity index (χ3n) is 3.43. The van der Waals surface area contributed by atoms with Gasteiger partial charge in [0.15, 0.2) is 10.8 Å². The summed E-state index contributed by atoms with van der Waals surface area (Å²) < 4.78 is 12.2. The van der Waals surface area contributed by atoms with Crippen molar-refractivity contribution < 1.29 is 18.8 Å². The summed E-state index contributed by atoms with van der Waals surface area (Å²) in [7, 11) is 0.